The molecule has 1 aromatic rings. The van der Waals surface area contributed by atoms with Crippen molar-refractivity contribution in [1.29, 1.82) is 0 Å². The smallest absolute Gasteiger partial charge is 0.341 e. The first-order valence-electron chi connectivity index (χ1n) is 6.07. The fraction of sp³-hybridized carbons (Fsp3) is 0.538. The summed E-state index contributed by atoms with van der Waals surface area (Å²) in [7, 11) is 1.39. The van der Waals surface area contributed by atoms with Gasteiger partial charge in [0.25, 0.3) is 0 Å². The minimum absolute atomic E-state index is 0.0170. The summed E-state index contributed by atoms with van der Waals surface area (Å²) in [6.07, 6.45) is 1.71. The van der Waals surface area contributed by atoms with Gasteiger partial charge in [0.2, 0.25) is 0 Å². The predicted octanol–water partition coefficient (Wildman–Crippen LogP) is 1.06. The molecule has 1 fully saturated rings. The van der Waals surface area contributed by atoms with Gasteiger partial charge in [-0.05, 0) is 26.0 Å². The second-order valence-corrected chi connectivity index (χ2v) is 5.10. The highest BCUT2D eigenvalue weighted by atomic mass is 16.5. The molecule has 0 radical (unpaired) electrons. The van der Waals surface area contributed by atoms with Crippen molar-refractivity contribution in [3.05, 3.63) is 23.9 Å². The van der Waals surface area contributed by atoms with Crippen LogP contribution >= 0.6 is 0 Å². The van der Waals surface area contributed by atoms with E-state index in [1.807, 2.05) is 0 Å². The molecule has 5 nitrogen and oxygen atoms in total. The molecular formula is C13H19N3O2. The molecule has 1 aromatic heterocycles. The Morgan fingerprint density at radius 3 is 3.00 bits per heavy atom. The minimum atomic E-state index is -0.338. The van der Waals surface area contributed by atoms with E-state index in [1.165, 1.54) is 7.11 Å². The van der Waals surface area contributed by atoms with Gasteiger partial charge in [-0.1, -0.05) is 0 Å². The Morgan fingerprint density at radius 1 is 1.56 bits per heavy atom. The maximum atomic E-state index is 11.7. The van der Waals surface area contributed by atoms with Crippen LogP contribution in [0, 0.1) is 0 Å². The van der Waals surface area contributed by atoms with Gasteiger partial charge in [-0.3, -0.25) is 0 Å². The van der Waals surface area contributed by atoms with Crippen molar-refractivity contribution in [2.75, 3.05) is 31.6 Å². The van der Waals surface area contributed by atoms with Crippen LogP contribution in [0.15, 0.2) is 18.3 Å². The fourth-order valence-electron chi connectivity index (χ4n) is 2.24. The summed E-state index contributed by atoms with van der Waals surface area (Å²) >= 11 is 0. The van der Waals surface area contributed by atoms with Crippen molar-refractivity contribution in [3.8, 4) is 0 Å². The third-order valence-electron chi connectivity index (χ3n) is 3.06. The molecular weight excluding hydrogens is 230 g/mol. The second-order valence-electron chi connectivity index (χ2n) is 5.10. The van der Waals surface area contributed by atoms with Gasteiger partial charge in [-0.2, -0.15) is 0 Å². The molecule has 0 aliphatic carbocycles. The Hall–Kier alpha value is -1.62. The molecule has 18 heavy (non-hydrogen) atoms. The number of nitrogens with zero attached hydrogens (tertiary/aromatic N) is 2. The van der Waals surface area contributed by atoms with Crippen LogP contribution < -0.4 is 10.2 Å². The number of ether oxygens (including phenoxy) is 1. The van der Waals surface area contributed by atoms with Crippen LogP contribution in [0.25, 0.3) is 0 Å². The molecule has 5 heteroatoms. The van der Waals surface area contributed by atoms with Crippen LogP contribution in [-0.2, 0) is 4.74 Å². The molecule has 0 spiro atoms. The first-order valence-corrected chi connectivity index (χ1v) is 6.07. The predicted molar refractivity (Wildman–Crippen MR) is 69.9 cm³/mol. The lowest BCUT2D eigenvalue weighted by Gasteiger charge is -2.40. The van der Waals surface area contributed by atoms with Gasteiger partial charge in [0, 0.05) is 31.4 Å². The number of hydrogen-bond donors (Lipinski definition) is 1. The summed E-state index contributed by atoms with van der Waals surface area (Å²) in [5.41, 5.74) is 0.543. The summed E-state index contributed by atoms with van der Waals surface area (Å²) in [4.78, 5) is 18.2. The van der Waals surface area contributed by atoms with Gasteiger partial charge in [-0.25, -0.2) is 9.78 Å². The van der Waals surface area contributed by atoms with E-state index in [4.69, 9.17) is 4.74 Å². The van der Waals surface area contributed by atoms with Crippen LogP contribution in [0.3, 0.4) is 0 Å². The quantitative estimate of drug-likeness (QED) is 0.794. The van der Waals surface area contributed by atoms with Crippen molar-refractivity contribution in [3.63, 3.8) is 0 Å². The van der Waals surface area contributed by atoms with Crippen LogP contribution in [0.5, 0.6) is 0 Å². The molecule has 0 unspecified atom stereocenters. The Labute approximate surface area is 107 Å². The number of aromatic nitrogens is 1. The van der Waals surface area contributed by atoms with Crippen molar-refractivity contribution < 1.29 is 9.53 Å². The number of esters is 1. The van der Waals surface area contributed by atoms with E-state index in [-0.39, 0.29) is 11.5 Å². The monoisotopic (exact) mass is 249 g/mol. The number of piperazine rings is 1. The summed E-state index contributed by atoms with van der Waals surface area (Å²) in [5, 5.41) is 3.44. The van der Waals surface area contributed by atoms with E-state index in [9.17, 15) is 4.79 Å². The number of methoxy groups -OCH3 is 1. The largest absolute Gasteiger partial charge is 0.465 e. The average molecular weight is 249 g/mol. The van der Waals surface area contributed by atoms with Gasteiger partial charge in [0.15, 0.2) is 0 Å². The highest BCUT2D eigenvalue weighted by Crippen LogP contribution is 2.22. The maximum Gasteiger partial charge on any atom is 0.341 e. The van der Waals surface area contributed by atoms with E-state index >= 15 is 0 Å². The molecule has 0 bridgehead atoms. The number of nitrogens with one attached hydrogen (secondary N) is 1. The van der Waals surface area contributed by atoms with Crippen LogP contribution in [0.4, 0.5) is 5.82 Å². The SMILES string of the molecule is COC(=O)c1cccnc1N1CCNC(C)(C)C1. The Balaban J connectivity index is 2.30. The van der Waals surface area contributed by atoms with E-state index in [0.29, 0.717) is 11.4 Å². The van der Waals surface area contributed by atoms with Crippen LogP contribution in [0.1, 0.15) is 24.2 Å². The van der Waals surface area contributed by atoms with Crippen LogP contribution in [0.2, 0.25) is 0 Å². The highest BCUT2D eigenvalue weighted by Gasteiger charge is 2.28. The molecule has 98 valence electrons. The third kappa shape index (κ3) is 2.61. The topological polar surface area (TPSA) is 54.5 Å². The summed E-state index contributed by atoms with van der Waals surface area (Å²) in [5.74, 6) is 0.369. The molecule has 2 heterocycles. The summed E-state index contributed by atoms with van der Waals surface area (Å²) < 4.78 is 4.80. The van der Waals surface area contributed by atoms with E-state index in [1.54, 1.807) is 18.3 Å². The lowest BCUT2D eigenvalue weighted by Crippen LogP contribution is -2.57. The van der Waals surface area contributed by atoms with Crippen molar-refractivity contribution in [2.24, 2.45) is 0 Å². The fourth-order valence-corrected chi connectivity index (χ4v) is 2.24. The lowest BCUT2D eigenvalue weighted by atomic mass is 10.0. The van der Waals surface area contributed by atoms with Gasteiger partial charge >= 0.3 is 5.97 Å². The Bertz CT molecular complexity index is 446. The zero-order valence-corrected chi connectivity index (χ0v) is 11.1. The highest BCUT2D eigenvalue weighted by molar-refractivity contribution is 5.94. The number of anilines is 1. The first-order chi connectivity index (χ1) is 8.53. The van der Waals surface area contributed by atoms with Crippen molar-refractivity contribution in [1.82, 2.24) is 10.3 Å². The average Bonchev–Trinajstić information content (AvgIpc) is 2.36. The second kappa shape index (κ2) is 4.94. The maximum absolute atomic E-state index is 11.7. The standard InChI is InChI=1S/C13H19N3O2/c1-13(2)9-16(8-7-15-13)11-10(12(17)18-3)5-4-6-14-11/h4-6,15H,7-9H2,1-3H3. The molecule has 0 saturated carbocycles. The lowest BCUT2D eigenvalue weighted by molar-refractivity contribution is 0.0600. The molecule has 1 saturated heterocycles. The zero-order chi connectivity index (χ0) is 13.2. The van der Waals surface area contributed by atoms with Gasteiger partial charge in [0.1, 0.15) is 11.4 Å². The van der Waals surface area contributed by atoms with Gasteiger partial charge < -0.3 is 15.0 Å². The molecule has 0 atom stereocenters. The summed E-state index contributed by atoms with van der Waals surface area (Å²) in [6, 6.07) is 3.51. The normalized spacial score (nSPS) is 18.5. The Morgan fingerprint density at radius 2 is 2.33 bits per heavy atom. The van der Waals surface area contributed by atoms with Crippen LogP contribution in [-0.4, -0.2) is 43.2 Å². The van der Waals surface area contributed by atoms with Gasteiger partial charge in [-0.15, -0.1) is 0 Å². The van der Waals surface area contributed by atoms with E-state index in [2.05, 4.69) is 29.0 Å². The minimum Gasteiger partial charge on any atom is -0.465 e. The number of carbonyl (C=O) groups is 1. The number of pyridine rings is 1. The Kier molecular flexibility index (Phi) is 3.52. The van der Waals surface area contributed by atoms with Crippen molar-refractivity contribution in [2.45, 2.75) is 19.4 Å². The zero-order valence-electron chi connectivity index (χ0n) is 11.1. The molecule has 0 aromatic carbocycles. The summed E-state index contributed by atoms with van der Waals surface area (Å²) in [6.45, 7) is 6.81. The van der Waals surface area contributed by atoms with E-state index in [0.717, 1.165) is 19.6 Å². The van der Waals surface area contributed by atoms with Gasteiger partial charge in [0.05, 0.1) is 7.11 Å². The molecule has 0 amide bonds. The third-order valence-corrected chi connectivity index (χ3v) is 3.06. The van der Waals surface area contributed by atoms with Crippen molar-refractivity contribution >= 4 is 11.8 Å². The number of rotatable bonds is 2. The molecule has 1 aliphatic heterocycles. The van der Waals surface area contributed by atoms with E-state index < -0.39 is 0 Å². The molecule has 1 aliphatic rings. The number of carbonyl (C=O) groups excluding carboxylic acids is 1. The molecule has 1 N–H and O–H groups in total. The number of hydrogen-bond acceptors (Lipinski definition) is 5. The first kappa shape index (κ1) is 12.8. The molecule has 2 rings (SSSR count).